The van der Waals surface area contributed by atoms with E-state index in [0.29, 0.717) is 12.1 Å². The Bertz CT molecular complexity index is 391. The lowest BCUT2D eigenvalue weighted by Crippen LogP contribution is -2.19. The summed E-state index contributed by atoms with van der Waals surface area (Å²) in [5.74, 6) is 0. The molecule has 1 aliphatic rings. The van der Waals surface area contributed by atoms with Crippen molar-refractivity contribution in [1.29, 1.82) is 0 Å². The van der Waals surface area contributed by atoms with Gasteiger partial charge in [0.05, 0.1) is 6.10 Å². The zero-order valence-corrected chi connectivity index (χ0v) is 13.8. The minimum absolute atomic E-state index is 0.376. The second-order valence-electron chi connectivity index (χ2n) is 4.72. The van der Waals surface area contributed by atoms with Crippen molar-refractivity contribution >= 4 is 31.9 Å². The van der Waals surface area contributed by atoms with Gasteiger partial charge in [-0.25, -0.2) is 0 Å². The molecule has 0 spiro atoms. The zero-order valence-electron chi connectivity index (χ0n) is 10.6. The van der Waals surface area contributed by atoms with E-state index in [4.69, 9.17) is 4.74 Å². The van der Waals surface area contributed by atoms with Crippen LogP contribution in [0.5, 0.6) is 0 Å². The molecule has 1 aromatic rings. The fraction of sp³-hybridized carbons (Fsp3) is 0.571. The highest BCUT2D eigenvalue weighted by Gasteiger charge is 2.19. The first-order valence-corrected chi connectivity index (χ1v) is 8.03. The lowest BCUT2D eigenvalue weighted by molar-refractivity contribution is 0.0998. The van der Waals surface area contributed by atoms with Gasteiger partial charge in [-0.1, -0.05) is 31.9 Å². The van der Waals surface area contributed by atoms with E-state index in [-0.39, 0.29) is 0 Å². The molecule has 1 fully saturated rings. The van der Waals surface area contributed by atoms with Crippen molar-refractivity contribution in [3.05, 3.63) is 32.7 Å². The van der Waals surface area contributed by atoms with Gasteiger partial charge in [-0.2, -0.15) is 0 Å². The quantitative estimate of drug-likeness (QED) is 0.820. The number of rotatable bonds is 5. The van der Waals surface area contributed by atoms with Gasteiger partial charge in [0.1, 0.15) is 0 Å². The molecule has 1 heterocycles. The summed E-state index contributed by atoms with van der Waals surface area (Å²) in [6, 6.07) is 6.71. The third kappa shape index (κ3) is 3.80. The highest BCUT2D eigenvalue weighted by Crippen LogP contribution is 2.30. The van der Waals surface area contributed by atoms with Crippen LogP contribution in [0.4, 0.5) is 0 Å². The van der Waals surface area contributed by atoms with Crippen molar-refractivity contribution in [1.82, 2.24) is 5.32 Å². The fourth-order valence-corrected chi connectivity index (χ4v) is 3.36. The average molecular weight is 377 g/mol. The topological polar surface area (TPSA) is 21.3 Å². The number of hydrogen-bond acceptors (Lipinski definition) is 2. The summed E-state index contributed by atoms with van der Waals surface area (Å²) in [4.78, 5) is 0. The smallest absolute Gasteiger partial charge is 0.0576 e. The maximum absolute atomic E-state index is 5.69. The Labute approximate surface area is 126 Å². The van der Waals surface area contributed by atoms with Crippen LogP contribution < -0.4 is 5.32 Å². The van der Waals surface area contributed by atoms with E-state index < -0.39 is 0 Å². The second kappa shape index (κ2) is 7.04. The van der Waals surface area contributed by atoms with Crippen LogP contribution in [0.3, 0.4) is 0 Å². The predicted molar refractivity (Wildman–Crippen MR) is 81.9 cm³/mol. The molecule has 2 atom stereocenters. The normalized spacial score (nSPS) is 21.2. The molecular weight excluding hydrogens is 358 g/mol. The number of halogens is 2. The van der Waals surface area contributed by atoms with Crippen LogP contribution in [0.25, 0.3) is 0 Å². The van der Waals surface area contributed by atoms with Crippen molar-refractivity contribution in [2.75, 3.05) is 13.7 Å². The van der Waals surface area contributed by atoms with Crippen molar-refractivity contribution in [2.24, 2.45) is 0 Å². The minimum Gasteiger partial charge on any atom is -0.378 e. The molecule has 100 valence electrons. The molecule has 2 rings (SSSR count). The van der Waals surface area contributed by atoms with Gasteiger partial charge in [0.2, 0.25) is 0 Å². The largest absolute Gasteiger partial charge is 0.378 e. The molecule has 1 saturated heterocycles. The summed E-state index contributed by atoms with van der Waals surface area (Å²) in [5.41, 5.74) is 1.31. The van der Waals surface area contributed by atoms with E-state index in [1.165, 1.54) is 18.4 Å². The summed E-state index contributed by atoms with van der Waals surface area (Å²) in [6.07, 6.45) is 5.14. The van der Waals surface area contributed by atoms with Crippen molar-refractivity contribution in [3.8, 4) is 0 Å². The highest BCUT2D eigenvalue weighted by molar-refractivity contribution is 9.11. The van der Waals surface area contributed by atoms with E-state index in [0.717, 1.165) is 28.4 Å². The Kier molecular flexibility index (Phi) is 5.67. The SMILES string of the molecule is CNC(CCC1CCCO1)c1cc(Br)ccc1Br. The Morgan fingerprint density at radius 3 is 2.94 bits per heavy atom. The first-order valence-electron chi connectivity index (χ1n) is 6.44. The van der Waals surface area contributed by atoms with Gasteiger partial charge >= 0.3 is 0 Å². The number of nitrogens with one attached hydrogen (secondary N) is 1. The van der Waals surface area contributed by atoms with Crippen LogP contribution >= 0.6 is 31.9 Å². The third-order valence-electron chi connectivity index (χ3n) is 3.48. The van der Waals surface area contributed by atoms with Crippen LogP contribution in [0.1, 0.15) is 37.3 Å². The molecule has 4 heteroatoms. The fourth-order valence-electron chi connectivity index (χ4n) is 2.46. The Balaban J connectivity index is 2.00. The summed E-state index contributed by atoms with van der Waals surface area (Å²) in [5, 5.41) is 3.40. The van der Waals surface area contributed by atoms with Gasteiger partial charge in [0, 0.05) is 21.6 Å². The van der Waals surface area contributed by atoms with Crippen LogP contribution in [0, 0.1) is 0 Å². The van der Waals surface area contributed by atoms with Crippen molar-refractivity contribution in [2.45, 2.75) is 37.8 Å². The molecule has 1 aromatic carbocycles. The van der Waals surface area contributed by atoms with Crippen LogP contribution in [0.15, 0.2) is 27.1 Å². The predicted octanol–water partition coefficient (Wildman–Crippen LogP) is 4.43. The number of benzene rings is 1. The van der Waals surface area contributed by atoms with E-state index in [1.807, 2.05) is 7.05 Å². The maximum Gasteiger partial charge on any atom is 0.0576 e. The van der Waals surface area contributed by atoms with Gasteiger partial charge in [0.25, 0.3) is 0 Å². The summed E-state index contributed by atoms with van der Waals surface area (Å²) in [6.45, 7) is 0.940. The lowest BCUT2D eigenvalue weighted by atomic mass is 9.99. The Morgan fingerprint density at radius 2 is 2.28 bits per heavy atom. The number of ether oxygens (including phenoxy) is 1. The van der Waals surface area contributed by atoms with Gasteiger partial charge < -0.3 is 10.1 Å². The minimum atomic E-state index is 0.376. The molecule has 0 saturated carbocycles. The second-order valence-corrected chi connectivity index (χ2v) is 6.49. The van der Waals surface area contributed by atoms with E-state index in [9.17, 15) is 0 Å². The first kappa shape index (κ1) is 14.5. The first-order chi connectivity index (χ1) is 8.70. The highest BCUT2D eigenvalue weighted by atomic mass is 79.9. The van der Waals surface area contributed by atoms with E-state index >= 15 is 0 Å². The molecule has 2 nitrogen and oxygen atoms in total. The number of hydrogen-bond donors (Lipinski definition) is 1. The zero-order chi connectivity index (χ0) is 13.0. The Morgan fingerprint density at radius 1 is 1.44 bits per heavy atom. The molecule has 2 unspecified atom stereocenters. The molecule has 0 amide bonds. The van der Waals surface area contributed by atoms with Gasteiger partial charge in [-0.05, 0) is 56.5 Å². The van der Waals surface area contributed by atoms with Gasteiger partial charge in [-0.3, -0.25) is 0 Å². The molecule has 1 aliphatic heterocycles. The lowest BCUT2D eigenvalue weighted by Gasteiger charge is -2.20. The standard InChI is InChI=1S/C14H19Br2NO/c1-17-14(7-5-11-3-2-8-18-11)12-9-10(15)4-6-13(12)16/h4,6,9,11,14,17H,2-3,5,7-8H2,1H3. The molecule has 0 aromatic heterocycles. The van der Waals surface area contributed by atoms with E-state index in [1.54, 1.807) is 0 Å². The van der Waals surface area contributed by atoms with Crippen molar-refractivity contribution in [3.63, 3.8) is 0 Å². The Hall–Kier alpha value is 0.1000. The van der Waals surface area contributed by atoms with Crippen LogP contribution in [0.2, 0.25) is 0 Å². The molecule has 1 N–H and O–H groups in total. The summed E-state index contributed by atoms with van der Waals surface area (Å²) >= 11 is 7.17. The summed E-state index contributed by atoms with van der Waals surface area (Å²) in [7, 11) is 2.02. The van der Waals surface area contributed by atoms with Crippen molar-refractivity contribution < 1.29 is 4.74 Å². The third-order valence-corrected chi connectivity index (χ3v) is 4.70. The molecule has 0 bridgehead atoms. The molecule has 0 radical (unpaired) electrons. The molecule has 0 aliphatic carbocycles. The molecule has 18 heavy (non-hydrogen) atoms. The van der Waals surface area contributed by atoms with Crippen LogP contribution in [-0.2, 0) is 4.74 Å². The summed E-state index contributed by atoms with van der Waals surface area (Å²) < 4.78 is 7.98. The monoisotopic (exact) mass is 375 g/mol. The van der Waals surface area contributed by atoms with Gasteiger partial charge in [0.15, 0.2) is 0 Å². The molecular formula is C14H19Br2NO. The maximum atomic E-state index is 5.69. The van der Waals surface area contributed by atoms with Crippen LogP contribution in [-0.4, -0.2) is 19.8 Å². The average Bonchev–Trinajstić information content (AvgIpc) is 2.87. The van der Waals surface area contributed by atoms with Gasteiger partial charge in [-0.15, -0.1) is 0 Å². The van der Waals surface area contributed by atoms with E-state index in [2.05, 4.69) is 55.4 Å².